The lowest BCUT2D eigenvalue weighted by atomic mass is 9.97. The molecule has 2 aliphatic rings. The Labute approximate surface area is 165 Å². The Balaban J connectivity index is 1.67. The maximum absolute atomic E-state index is 12.3. The highest BCUT2D eigenvalue weighted by atomic mass is 32.1. The molecule has 0 radical (unpaired) electrons. The molecule has 8 heteroatoms. The number of nitrogens with zero attached hydrogens (tertiary/aromatic N) is 1. The Morgan fingerprint density at radius 3 is 3.00 bits per heavy atom. The molecule has 0 saturated heterocycles. The number of thiophene rings is 2. The first-order valence-corrected chi connectivity index (χ1v) is 10.7. The molecule has 2 aliphatic heterocycles. The lowest BCUT2D eigenvalue weighted by Gasteiger charge is -2.37. The summed E-state index contributed by atoms with van der Waals surface area (Å²) in [5.41, 5.74) is 2.46. The molecule has 27 heavy (non-hydrogen) atoms. The number of hydrogen-bond donors (Lipinski definition) is 2. The summed E-state index contributed by atoms with van der Waals surface area (Å²) in [6.07, 6.45) is 0.975. The molecular formula is C19H21N3O3S2. The van der Waals surface area contributed by atoms with E-state index in [0.29, 0.717) is 24.4 Å². The van der Waals surface area contributed by atoms with E-state index in [4.69, 9.17) is 4.74 Å². The molecule has 6 nitrogen and oxygen atoms in total. The third kappa shape index (κ3) is 3.65. The third-order valence-corrected chi connectivity index (χ3v) is 6.74. The summed E-state index contributed by atoms with van der Waals surface area (Å²) in [6, 6.07) is 6.27. The van der Waals surface area contributed by atoms with Gasteiger partial charge >= 0.3 is 12.0 Å². The predicted octanol–water partition coefficient (Wildman–Crippen LogP) is 2.89. The van der Waals surface area contributed by atoms with E-state index in [9.17, 15) is 9.59 Å². The molecule has 4 heterocycles. The zero-order valence-corrected chi connectivity index (χ0v) is 16.6. The smallest absolute Gasteiger partial charge is 0.337 e. The monoisotopic (exact) mass is 403 g/mol. The van der Waals surface area contributed by atoms with E-state index in [1.54, 1.807) is 29.6 Å². The maximum atomic E-state index is 12.3. The molecule has 2 amide bonds. The third-order valence-electron chi connectivity index (χ3n) is 4.82. The Kier molecular flexibility index (Phi) is 5.29. The van der Waals surface area contributed by atoms with Gasteiger partial charge < -0.3 is 15.4 Å². The Hall–Kier alpha value is -2.16. The van der Waals surface area contributed by atoms with E-state index in [1.165, 1.54) is 15.3 Å². The summed E-state index contributed by atoms with van der Waals surface area (Å²) >= 11 is 3.53. The Morgan fingerprint density at radius 2 is 2.22 bits per heavy atom. The summed E-state index contributed by atoms with van der Waals surface area (Å²) < 4.78 is 5.18. The van der Waals surface area contributed by atoms with Crippen LogP contribution >= 0.6 is 22.7 Å². The van der Waals surface area contributed by atoms with Gasteiger partial charge in [-0.3, -0.25) is 4.90 Å². The number of nitrogens with one attached hydrogen (secondary N) is 2. The number of fused-ring (bicyclic) bond motifs is 1. The molecular weight excluding hydrogens is 382 g/mol. The highest BCUT2D eigenvalue weighted by Gasteiger charge is 2.33. The summed E-state index contributed by atoms with van der Waals surface area (Å²) in [5, 5.41) is 9.73. The van der Waals surface area contributed by atoms with Gasteiger partial charge in [0.1, 0.15) is 0 Å². The van der Waals surface area contributed by atoms with Crippen LogP contribution in [0.25, 0.3) is 0 Å². The molecule has 0 fully saturated rings. The van der Waals surface area contributed by atoms with Crippen molar-refractivity contribution in [1.29, 1.82) is 0 Å². The summed E-state index contributed by atoms with van der Waals surface area (Å²) in [5.74, 6) is -0.374. The number of esters is 1. The highest BCUT2D eigenvalue weighted by Crippen LogP contribution is 2.39. The molecule has 2 N–H and O–H groups in total. The van der Waals surface area contributed by atoms with E-state index in [0.717, 1.165) is 13.0 Å². The largest absolute Gasteiger partial charge is 0.463 e. The van der Waals surface area contributed by atoms with E-state index in [1.807, 2.05) is 0 Å². The van der Waals surface area contributed by atoms with Crippen molar-refractivity contribution in [1.82, 2.24) is 15.5 Å². The number of carbonyl (C=O) groups excluding carboxylic acids is 2. The Bertz CT molecular complexity index is 873. The van der Waals surface area contributed by atoms with Crippen LogP contribution in [-0.2, 0) is 16.0 Å². The molecule has 0 aromatic carbocycles. The summed E-state index contributed by atoms with van der Waals surface area (Å²) in [4.78, 5) is 29.2. The van der Waals surface area contributed by atoms with Gasteiger partial charge in [-0.25, -0.2) is 9.59 Å². The van der Waals surface area contributed by atoms with Gasteiger partial charge in [-0.15, -0.1) is 22.7 Å². The normalized spacial score (nSPS) is 20.0. The molecule has 4 rings (SSSR count). The van der Waals surface area contributed by atoms with Crippen LogP contribution in [0.1, 0.15) is 28.3 Å². The second-order valence-corrected chi connectivity index (χ2v) is 8.40. The van der Waals surface area contributed by atoms with E-state index < -0.39 is 0 Å². The fraction of sp³-hybridized carbons (Fsp3) is 0.368. The van der Waals surface area contributed by atoms with Gasteiger partial charge in [0.2, 0.25) is 0 Å². The molecule has 1 atom stereocenters. The molecule has 142 valence electrons. The zero-order valence-electron chi connectivity index (χ0n) is 15.0. The van der Waals surface area contributed by atoms with Crippen LogP contribution < -0.4 is 10.6 Å². The van der Waals surface area contributed by atoms with Crippen LogP contribution in [0.5, 0.6) is 0 Å². The first kappa shape index (κ1) is 18.2. The van der Waals surface area contributed by atoms with Gasteiger partial charge in [0.15, 0.2) is 0 Å². The van der Waals surface area contributed by atoms with E-state index >= 15 is 0 Å². The van der Waals surface area contributed by atoms with Crippen molar-refractivity contribution in [3.05, 3.63) is 55.5 Å². The van der Waals surface area contributed by atoms with Gasteiger partial charge in [0.25, 0.3) is 0 Å². The van der Waals surface area contributed by atoms with E-state index in [2.05, 4.69) is 44.5 Å². The molecule has 2 aromatic heterocycles. The van der Waals surface area contributed by atoms with Crippen LogP contribution in [0.4, 0.5) is 4.79 Å². The van der Waals surface area contributed by atoms with Gasteiger partial charge in [0.05, 0.1) is 24.8 Å². The van der Waals surface area contributed by atoms with Crippen molar-refractivity contribution in [3.63, 3.8) is 0 Å². The van der Waals surface area contributed by atoms with Crippen molar-refractivity contribution in [3.8, 4) is 0 Å². The number of ether oxygens (including phenoxy) is 1. The number of urea groups is 1. The number of amides is 2. The van der Waals surface area contributed by atoms with Gasteiger partial charge in [-0.2, -0.15) is 0 Å². The lowest BCUT2D eigenvalue weighted by Crippen LogP contribution is -2.48. The second-order valence-electron chi connectivity index (χ2n) is 6.42. The average molecular weight is 404 g/mol. The quantitative estimate of drug-likeness (QED) is 0.753. The number of rotatable bonds is 5. The standard InChI is InChI=1S/C19H21N3O3S2/c1-2-25-18(23)13-10-20-19(24)21-14(13)11-22-7-5-15-12(6-9-27-15)17(22)16-4-3-8-26-16/h3-4,6,8-9,17H,2,5,7,10-11H2,1H3,(H2,20,21,24)/t17-/m0/s1. The van der Waals surface area contributed by atoms with Crippen LogP contribution in [0.2, 0.25) is 0 Å². The molecule has 0 saturated carbocycles. The first-order chi connectivity index (χ1) is 13.2. The molecule has 0 aliphatic carbocycles. The van der Waals surface area contributed by atoms with Crippen molar-refractivity contribution >= 4 is 34.7 Å². The van der Waals surface area contributed by atoms with Crippen LogP contribution in [0.15, 0.2) is 40.2 Å². The van der Waals surface area contributed by atoms with Crippen LogP contribution in [0.3, 0.4) is 0 Å². The first-order valence-electron chi connectivity index (χ1n) is 8.95. The number of carbonyl (C=O) groups is 2. The lowest BCUT2D eigenvalue weighted by molar-refractivity contribution is -0.138. The second kappa shape index (κ2) is 7.84. The fourth-order valence-corrected chi connectivity index (χ4v) is 5.38. The highest BCUT2D eigenvalue weighted by molar-refractivity contribution is 7.10. The minimum absolute atomic E-state index is 0.141. The molecule has 0 spiro atoms. The van der Waals surface area contributed by atoms with E-state index in [-0.39, 0.29) is 24.6 Å². The van der Waals surface area contributed by atoms with Crippen molar-refractivity contribution in [2.24, 2.45) is 0 Å². The minimum Gasteiger partial charge on any atom is -0.463 e. The summed E-state index contributed by atoms with van der Waals surface area (Å²) in [6.45, 7) is 3.66. The van der Waals surface area contributed by atoms with Gasteiger partial charge in [-0.1, -0.05) is 6.07 Å². The topological polar surface area (TPSA) is 70.7 Å². The molecule has 2 aromatic rings. The van der Waals surface area contributed by atoms with Crippen molar-refractivity contribution in [2.45, 2.75) is 19.4 Å². The predicted molar refractivity (Wildman–Crippen MR) is 106 cm³/mol. The molecule has 0 bridgehead atoms. The summed E-state index contributed by atoms with van der Waals surface area (Å²) in [7, 11) is 0. The maximum Gasteiger partial charge on any atom is 0.337 e. The fourth-order valence-electron chi connectivity index (χ4n) is 3.60. The average Bonchev–Trinajstić information content (AvgIpc) is 3.33. The van der Waals surface area contributed by atoms with Crippen LogP contribution in [-0.4, -0.2) is 43.1 Å². The van der Waals surface area contributed by atoms with Gasteiger partial charge in [-0.05, 0) is 41.8 Å². The molecule has 0 unspecified atom stereocenters. The van der Waals surface area contributed by atoms with Gasteiger partial charge in [0, 0.05) is 28.5 Å². The van der Waals surface area contributed by atoms with Crippen molar-refractivity contribution < 1.29 is 14.3 Å². The van der Waals surface area contributed by atoms with Crippen LogP contribution in [0, 0.1) is 0 Å². The minimum atomic E-state index is -0.374. The SMILES string of the molecule is CCOC(=O)C1=C(CN2CCc3sccc3[C@H]2c2cccs2)NC(=O)NC1. The van der Waals surface area contributed by atoms with Crippen molar-refractivity contribution in [2.75, 3.05) is 26.2 Å². The Morgan fingerprint density at radius 1 is 1.33 bits per heavy atom. The number of hydrogen-bond acceptors (Lipinski definition) is 6. The zero-order chi connectivity index (χ0) is 18.8.